The maximum absolute atomic E-state index is 6.27. The molecular weight excluding hydrogens is 837 g/mol. The van der Waals surface area contributed by atoms with Crippen molar-refractivity contribution in [3.05, 3.63) is 267 Å². The van der Waals surface area contributed by atoms with Gasteiger partial charge in [-0.3, -0.25) is 0 Å². The Labute approximate surface area is 401 Å². The molecule has 324 valence electrons. The second-order valence-corrected chi connectivity index (χ2v) is 17.7. The van der Waals surface area contributed by atoms with Gasteiger partial charge in [0.2, 0.25) is 0 Å². The lowest BCUT2D eigenvalue weighted by Crippen LogP contribution is -2.10. The molecule has 0 aliphatic carbocycles. The van der Waals surface area contributed by atoms with Crippen molar-refractivity contribution in [2.45, 2.75) is 0 Å². The molecule has 0 unspecified atom stereocenters. The molecule has 0 radical (unpaired) electrons. The van der Waals surface area contributed by atoms with Crippen LogP contribution >= 0.6 is 0 Å². The topological polar surface area (TPSA) is 21.3 Å². The van der Waals surface area contributed by atoms with Gasteiger partial charge in [0.15, 0.2) is 0 Å². The quantitative estimate of drug-likeness (QED) is 0.144. The summed E-state index contributed by atoms with van der Waals surface area (Å²) in [5.41, 5.74) is 20.3. The van der Waals surface area contributed by atoms with Crippen molar-refractivity contribution in [3.63, 3.8) is 0 Å². The summed E-state index contributed by atoms with van der Waals surface area (Å²) in [4.78, 5) is 2.35. The molecule has 3 nitrogen and oxygen atoms in total. The van der Waals surface area contributed by atoms with Crippen LogP contribution in [0.2, 0.25) is 0 Å². The molecule has 0 aliphatic rings. The van der Waals surface area contributed by atoms with Crippen LogP contribution in [0.3, 0.4) is 0 Å². The number of nitrogens with zero attached hydrogens (tertiary/aromatic N) is 2. The molecule has 0 aliphatic heterocycles. The van der Waals surface area contributed by atoms with Crippen molar-refractivity contribution in [3.8, 4) is 61.3 Å². The van der Waals surface area contributed by atoms with Crippen LogP contribution in [0.4, 0.5) is 17.1 Å². The van der Waals surface area contributed by atoms with Crippen molar-refractivity contribution in [2.75, 3.05) is 4.90 Å². The number of para-hydroxylation sites is 3. The first-order valence-electron chi connectivity index (χ1n) is 23.6. The Kier molecular flexibility index (Phi) is 9.84. The van der Waals surface area contributed by atoms with E-state index in [1.165, 1.54) is 55.2 Å². The molecule has 0 atom stereocenters. The predicted molar refractivity (Wildman–Crippen MR) is 290 cm³/mol. The number of benzene rings is 11. The third-order valence-corrected chi connectivity index (χ3v) is 13.6. The first-order valence-corrected chi connectivity index (χ1v) is 23.6. The van der Waals surface area contributed by atoms with E-state index < -0.39 is 0 Å². The summed E-state index contributed by atoms with van der Waals surface area (Å²) >= 11 is 0. The molecule has 2 heterocycles. The summed E-state index contributed by atoms with van der Waals surface area (Å²) in [6.07, 6.45) is 0. The first kappa shape index (κ1) is 40.1. The zero-order valence-electron chi connectivity index (χ0n) is 37.7. The Morgan fingerprint density at radius 1 is 0.246 bits per heavy atom. The van der Waals surface area contributed by atoms with Crippen LogP contribution in [0.1, 0.15) is 0 Å². The molecule has 0 saturated heterocycles. The molecule has 2 aromatic heterocycles. The van der Waals surface area contributed by atoms with E-state index in [1.54, 1.807) is 0 Å². The van der Waals surface area contributed by atoms with Crippen molar-refractivity contribution < 1.29 is 4.42 Å². The largest absolute Gasteiger partial charge is 0.456 e. The number of furan rings is 1. The van der Waals surface area contributed by atoms with Gasteiger partial charge in [0.05, 0.1) is 11.0 Å². The van der Waals surface area contributed by atoms with Crippen LogP contribution < -0.4 is 4.90 Å². The highest BCUT2D eigenvalue weighted by atomic mass is 16.3. The molecule has 0 spiro atoms. The van der Waals surface area contributed by atoms with Gasteiger partial charge in [0.1, 0.15) is 11.2 Å². The standard InChI is InChI=1S/C66H44N2O/c1-2-12-45(13-3-1)46-24-28-49(29-25-46)52-14-10-16-57(42-52)67(56-39-34-51(35-40-56)54-36-41-62-61-20-6-9-23-65(61)69-66(62)44-54)55-37-32-48(33-38-55)47-26-30-50(31-27-47)53-15-11-17-58(43-53)68-63-21-7-4-18-59(63)60-19-5-8-22-64(60)68/h1-44H. The second-order valence-electron chi connectivity index (χ2n) is 17.7. The van der Waals surface area contributed by atoms with Crippen LogP contribution in [0, 0.1) is 0 Å². The van der Waals surface area contributed by atoms with Crippen molar-refractivity contribution in [2.24, 2.45) is 0 Å². The lowest BCUT2D eigenvalue weighted by atomic mass is 9.99. The molecule has 0 amide bonds. The smallest absolute Gasteiger partial charge is 0.136 e. The summed E-state index contributed by atoms with van der Waals surface area (Å²) < 4.78 is 8.65. The Morgan fingerprint density at radius 2 is 0.652 bits per heavy atom. The number of rotatable bonds is 9. The highest BCUT2D eigenvalue weighted by Crippen LogP contribution is 2.40. The lowest BCUT2D eigenvalue weighted by Gasteiger charge is -2.26. The average molecular weight is 881 g/mol. The summed E-state index contributed by atoms with van der Waals surface area (Å²) in [5, 5.41) is 4.80. The van der Waals surface area contributed by atoms with Gasteiger partial charge in [-0.05, 0) is 134 Å². The van der Waals surface area contributed by atoms with E-state index in [0.717, 1.165) is 66.9 Å². The lowest BCUT2D eigenvalue weighted by molar-refractivity contribution is 0.669. The van der Waals surface area contributed by atoms with E-state index in [1.807, 2.05) is 12.1 Å². The van der Waals surface area contributed by atoms with Gasteiger partial charge in [-0.2, -0.15) is 0 Å². The second kappa shape index (κ2) is 16.9. The molecule has 0 bridgehead atoms. The minimum Gasteiger partial charge on any atom is -0.456 e. The summed E-state index contributed by atoms with van der Waals surface area (Å²) in [6.45, 7) is 0. The zero-order valence-corrected chi connectivity index (χ0v) is 37.7. The van der Waals surface area contributed by atoms with Gasteiger partial charge in [-0.25, -0.2) is 0 Å². The van der Waals surface area contributed by atoms with E-state index in [0.29, 0.717) is 0 Å². The van der Waals surface area contributed by atoms with Crippen molar-refractivity contribution >= 4 is 60.8 Å². The van der Waals surface area contributed by atoms with Gasteiger partial charge < -0.3 is 13.9 Å². The normalized spacial score (nSPS) is 11.5. The van der Waals surface area contributed by atoms with Gasteiger partial charge in [-0.15, -0.1) is 0 Å². The molecule has 0 fully saturated rings. The van der Waals surface area contributed by atoms with Gasteiger partial charge in [-0.1, -0.05) is 188 Å². The Bertz CT molecular complexity index is 3920. The van der Waals surface area contributed by atoms with Gasteiger partial charge in [0, 0.05) is 44.3 Å². The molecule has 69 heavy (non-hydrogen) atoms. The number of aromatic nitrogens is 1. The van der Waals surface area contributed by atoms with E-state index in [-0.39, 0.29) is 0 Å². The summed E-state index contributed by atoms with van der Waals surface area (Å²) in [5.74, 6) is 0. The van der Waals surface area contributed by atoms with Crippen molar-refractivity contribution in [1.29, 1.82) is 0 Å². The zero-order chi connectivity index (χ0) is 45.7. The third-order valence-electron chi connectivity index (χ3n) is 13.6. The number of hydrogen-bond donors (Lipinski definition) is 0. The average Bonchev–Trinajstić information content (AvgIpc) is 3.97. The van der Waals surface area contributed by atoms with Gasteiger partial charge in [0.25, 0.3) is 0 Å². The molecular formula is C66H44N2O. The Morgan fingerprint density at radius 3 is 1.25 bits per heavy atom. The van der Waals surface area contributed by atoms with Gasteiger partial charge >= 0.3 is 0 Å². The summed E-state index contributed by atoms with van der Waals surface area (Å²) in [7, 11) is 0. The fraction of sp³-hybridized carbons (Fsp3) is 0. The maximum Gasteiger partial charge on any atom is 0.136 e. The third kappa shape index (κ3) is 7.34. The van der Waals surface area contributed by atoms with Crippen LogP contribution in [0.25, 0.3) is 105 Å². The number of anilines is 3. The van der Waals surface area contributed by atoms with E-state index in [2.05, 4.69) is 264 Å². The Hall–Kier alpha value is -9.18. The van der Waals surface area contributed by atoms with E-state index >= 15 is 0 Å². The van der Waals surface area contributed by atoms with E-state index in [4.69, 9.17) is 4.42 Å². The number of fused-ring (bicyclic) bond motifs is 6. The maximum atomic E-state index is 6.27. The van der Waals surface area contributed by atoms with Crippen LogP contribution in [0.5, 0.6) is 0 Å². The minimum absolute atomic E-state index is 0.896. The van der Waals surface area contributed by atoms with Crippen LogP contribution in [-0.2, 0) is 0 Å². The molecule has 11 aromatic carbocycles. The fourth-order valence-electron chi connectivity index (χ4n) is 10.1. The highest BCUT2D eigenvalue weighted by molar-refractivity contribution is 6.09. The molecule has 3 heteroatoms. The molecule has 13 aromatic rings. The molecule has 0 N–H and O–H groups in total. The Balaban J connectivity index is 0.823. The van der Waals surface area contributed by atoms with Crippen molar-refractivity contribution in [1.82, 2.24) is 4.57 Å². The SMILES string of the molecule is c1ccc(-c2ccc(-c3cccc(N(c4ccc(-c5ccc(-c6cccc(-n7c8ccccc8c8ccccc87)c6)cc5)cc4)c4ccc(-c5ccc6c(c5)oc5ccccc56)cc4)c3)cc2)cc1. The van der Waals surface area contributed by atoms with E-state index in [9.17, 15) is 0 Å². The molecule has 0 saturated carbocycles. The van der Waals surface area contributed by atoms with Crippen LogP contribution in [-0.4, -0.2) is 4.57 Å². The van der Waals surface area contributed by atoms with Crippen LogP contribution in [0.15, 0.2) is 271 Å². The number of hydrogen-bond acceptors (Lipinski definition) is 2. The predicted octanol–water partition coefficient (Wildman–Crippen LogP) is 18.5. The monoisotopic (exact) mass is 880 g/mol. The highest BCUT2D eigenvalue weighted by Gasteiger charge is 2.17. The minimum atomic E-state index is 0.896. The first-order chi connectivity index (χ1) is 34.2. The summed E-state index contributed by atoms with van der Waals surface area (Å²) in [6, 6.07) is 96.1. The fourth-order valence-corrected chi connectivity index (χ4v) is 10.1. The molecule has 13 rings (SSSR count).